The number of oxime groups is 1. The molecule has 0 spiro atoms. The average Bonchev–Trinajstić information content (AvgIpc) is 2.77. The number of hydrogen-bond donors (Lipinski definition) is 0. The first-order valence-corrected chi connectivity index (χ1v) is 6.51. The normalized spacial score (nSPS) is 15.1. The van der Waals surface area contributed by atoms with Crippen LogP contribution in [0.15, 0.2) is 53.7 Å². The predicted molar refractivity (Wildman–Crippen MR) is 78.2 cm³/mol. The second-order valence-corrected chi connectivity index (χ2v) is 4.68. The molecule has 0 atom stereocenters. The molecule has 0 saturated heterocycles. The quantitative estimate of drug-likeness (QED) is 0.631. The Kier molecular flexibility index (Phi) is 3.42. The summed E-state index contributed by atoms with van der Waals surface area (Å²) in [5, 5.41) is 3.62. The molecule has 0 N–H and O–H groups in total. The summed E-state index contributed by atoms with van der Waals surface area (Å²) in [4.78, 5) is 30.1. The van der Waals surface area contributed by atoms with Crippen LogP contribution in [0.3, 0.4) is 0 Å². The van der Waals surface area contributed by atoms with Gasteiger partial charge in [0.15, 0.2) is 5.71 Å². The number of likely N-dealkylation sites (N-methyl/N-ethyl adjacent to an activating group) is 1. The van der Waals surface area contributed by atoms with Crippen molar-refractivity contribution in [1.82, 2.24) is 0 Å². The largest absolute Gasteiger partial charge is 0.368 e. The van der Waals surface area contributed by atoms with E-state index in [0.29, 0.717) is 11.3 Å². The number of carbonyl (C=O) groups excluding carboxylic acids is 2. The van der Waals surface area contributed by atoms with Crippen molar-refractivity contribution < 1.29 is 18.8 Å². The summed E-state index contributed by atoms with van der Waals surface area (Å²) in [5.74, 6) is -2.05. The van der Waals surface area contributed by atoms with Gasteiger partial charge in [-0.05, 0) is 18.2 Å². The van der Waals surface area contributed by atoms with Crippen molar-refractivity contribution >= 4 is 23.3 Å². The zero-order chi connectivity index (χ0) is 15.7. The maximum atomic E-state index is 13.5. The Hall–Kier alpha value is -3.02. The Labute approximate surface area is 125 Å². The van der Waals surface area contributed by atoms with E-state index >= 15 is 0 Å². The number of carbonyl (C=O) groups is 2. The van der Waals surface area contributed by atoms with E-state index in [-0.39, 0.29) is 17.2 Å². The van der Waals surface area contributed by atoms with Gasteiger partial charge in [-0.15, -0.1) is 0 Å². The lowest BCUT2D eigenvalue weighted by Crippen LogP contribution is -2.26. The molecule has 6 heteroatoms. The van der Waals surface area contributed by atoms with Crippen molar-refractivity contribution in [2.75, 3.05) is 11.9 Å². The molecule has 2 aromatic rings. The third-order valence-corrected chi connectivity index (χ3v) is 3.34. The third-order valence-electron chi connectivity index (χ3n) is 3.34. The fourth-order valence-electron chi connectivity index (χ4n) is 2.20. The Morgan fingerprint density at radius 2 is 1.82 bits per heavy atom. The molecular weight excluding hydrogens is 287 g/mol. The standard InChI is InChI=1S/C16H11FN2O3/c1-19-13-9-5-3-7-11(13)14(15(19)20)18-22-16(21)10-6-2-4-8-12(10)17/h2-9H,1H3/b18-14-. The molecule has 110 valence electrons. The van der Waals surface area contributed by atoms with Gasteiger partial charge in [0.2, 0.25) is 0 Å². The first-order valence-electron chi connectivity index (χ1n) is 6.51. The van der Waals surface area contributed by atoms with E-state index in [0.717, 1.165) is 6.07 Å². The Morgan fingerprint density at radius 3 is 2.59 bits per heavy atom. The second kappa shape index (κ2) is 5.40. The average molecular weight is 298 g/mol. The Bertz CT molecular complexity index is 801. The number of hydrogen-bond acceptors (Lipinski definition) is 4. The van der Waals surface area contributed by atoms with Gasteiger partial charge in [-0.25, -0.2) is 9.18 Å². The maximum Gasteiger partial charge on any atom is 0.368 e. The van der Waals surface area contributed by atoms with E-state index in [9.17, 15) is 14.0 Å². The van der Waals surface area contributed by atoms with E-state index in [1.165, 1.54) is 23.1 Å². The Balaban J connectivity index is 1.89. The highest BCUT2D eigenvalue weighted by atomic mass is 19.1. The summed E-state index contributed by atoms with van der Waals surface area (Å²) in [6, 6.07) is 12.4. The van der Waals surface area contributed by atoms with Gasteiger partial charge in [0, 0.05) is 12.6 Å². The van der Waals surface area contributed by atoms with Crippen LogP contribution in [0.25, 0.3) is 0 Å². The fraction of sp³-hybridized carbons (Fsp3) is 0.0625. The van der Waals surface area contributed by atoms with Crippen LogP contribution in [0.2, 0.25) is 0 Å². The highest BCUT2D eigenvalue weighted by molar-refractivity contribution is 6.54. The number of amides is 1. The van der Waals surface area contributed by atoms with Gasteiger partial charge in [0.25, 0.3) is 5.91 Å². The molecular formula is C16H11FN2O3. The molecule has 1 amide bonds. The molecule has 0 saturated carbocycles. The number of benzene rings is 2. The highest BCUT2D eigenvalue weighted by Crippen LogP contribution is 2.27. The predicted octanol–water partition coefficient (Wildman–Crippen LogP) is 2.36. The molecule has 1 heterocycles. The highest BCUT2D eigenvalue weighted by Gasteiger charge is 2.32. The van der Waals surface area contributed by atoms with Crippen LogP contribution in [-0.4, -0.2) is 24.6 Å². The molecule has 1 aliphatic rings. The molecule has 0 aliphatic carbocycles. The summed E-state index contributed by atoms with van der Waals surface area (Å²) in [6.45, 7) is 0. The van der Waals surface area contributed by atoms with Crippen LogP contribution >= 0.6 is 0 Å². The van der Waals surface area contributed by atoms with E-state index in [1.807, 2.05) is 0 Å². The summed E-state index contributed by atoms with van der Waals surface area (Å²) >= 11 is 0. The SMILES string of the molecule is CN1C(=O)/C(=N\OC(=O)c2ccccc2F)c2ccccc21. The maximum absolute atomic E-state index is 13.5. The minimum Gasteiger partial charge on any atom is -0.312 e. The molecule has 3 rings (SSSR count). The van der Waals surface area contributed by atoms with Gasteiger partial charge in [-0.3, -0.25) is 4.79 Å². The van der Waals surface area contributed by atoms with Crippen LogP contribution in [0.4, 0.5) is 10.1 Å². The molecule has 0 fully saturated rings. The minimum atomic E-state index is -0.953. The number of fused-ring (bicyclic) bond motifs is 1. The van der Waals surface area contributed by atoms with Crippen LogP contribution < -0.4 is 4.90 Å². The summed E-state index contributed by atoms with van der Waals surface area (Å²) < 4.78 is 13.5. The number of rotatable bonds is 2. The van der Waals surface area contributed by atoms with E-state index in [2.05, 4.69) is 5.16 Å². The molecule has 0 unspecified atom stereocenters. The van der Waals surface area contributed by atoms with Gasteiger partial charge < -0.3 is 9.74 Å². The minimum absolute atomic E-state index is 0.0165. The fourth-order valence-corrected chi connectivity index (χ4v) is 2.20. The number of halogens is 1. The van der Waals surface area contributed by atoms with E-state index in [1.54, 1.807) is 31.3 Å². The topological polar surface area (TPSA) is 59.0 Å². The van der Waals surface area contributed by atoms with Crippen molar-refractivity contribution in [3.05, 3.63) is 65.5 Å². The lowest BCUT2D eigenvalue weighted by molar-refractivity contribution is -0.112. The summed E-state index contributed by atoms with van der Waals surface area (Å²) in [5.41, 5.74) is 1.02. The van der Waals surface area contributed by atoms with Crippen LogP contribution in [0.1, 0.15) is 15.9 Å². The van der Waals surface area contributed by atoms with Crippen LogP contribution in [-0.2, 0) is 9.63 Å². The summed E-state index contributed by atoms with van der Waals surface area (Å²) in [7, 11) is 1.60. The smallest absolute Gasteiger partial charge is 0.312 e. The van der Waals surface area contributed by atoms with Crippen molar-refractivity contribution in [3.8, 4) is 0 Å². The lowest BCUT2D eigenvalue weighted by atomic mass is 10.1. The number of nitrogens with zero attached hydrogens (tertiary/aromatic N) is 2. The second-order valence-electron chi connectivity index (χ2n) is 4.68. The molecule has 2 aromatic carbocycles. The Morgan fingerprint density at radius 1 is 1.14 bits per heavy atom. The van der Waals surface area contributed by atoms with Crippen molar-refractivity contribution in [3.63, 3.8) is 0 Å². The monoisotopic (exact) mass is 298 g/mol. The molecule has 5 nitrogen and oxygen atoms in total. The molecule has 0 bridgehead atoms. The number of para-hydroxylation sites is 1. The lowest BCUT2D eigenvalue weighted by Gasteiger charge is -2.07. The van der Waals surface area contributed by atoms with Crippen molar-refractivity contribution in [2.45, 2.75) is 0 Å². The van der Waals surface area contributed by atoms with Crippen molar-refractivity contribution in [1.29, 1.82) is 0 Å². The molecule has 0 radical (unpaired) electrons. The molecule has 22 heavy (non-hydrogen) atoms. The van der Waals surface area contributed by atoms with Gasteiger partial charge in [0.1, 0.15) is 5.82 Å². The zero-order valence-corrected chi connectivity index (χ0v) is 11.6. The van der Waals surface area contributed by atoms with Crippen molar-refractivity contribution in [2.24, 2.45) is 5.16 Å². The van der Waals surface area contributed by atoms with Gasteiger partial charge in [0.05, 0.1) is 11.3 Å². The van der Waals surface area contributed by atoms with Crippen LogP contribution in [0.5, 0.6) is 0 Å². The molecule has 0 aromatic heterocycles. The van der Waals surface area contributed by atoms with Gasteiger partial charge >= 0.3 is 5.97 Å². The zero-order valence-electron chi connectivity index (χ0n) is 11.6. The first kappa shape index (κ1) is 13.9. The summed E-state index contributed by atoms with van der Waals surface area (Å²) in [6.07, 6.45) is 0. The van der Waals surface area contributed by atoms with E-state index < -0.39 is 11.8 Å². The third kappa shape index (κ3) is 2.24. The molecule has 1 aliphatic heterocycles. The number of anilines is 1. The first-order chi connectivity index (χ1) is 10.6. The van der Waals surface area contributed by atoms with Gasteiger partial charge in [-0.1, -0.05) is 35.5 Å². The van der Waals surface area contributed by atoms with E-state index in [4.69, 9.17) is 4.84 Å². The van der Waals surface area contributed by atoms with Gasteiger partial charge in [-0.2, -0.15) is 0 Å². The van der Waals surface area contributed by atoms with Crippen LogP contribution in [0, 0.1) is 5.82 Å².